The van der Waals surface area contributed by atoms with Crippen LogP contribution in [0.5, 0.6) is 5.75 Å². The highest BCUT2D eigenvalue weighted by atomic mass is 16.5. The molecule has 0 amide bonds. The fourth-order valence-electron chi connectivity index (χ4n) is 2.60. The lowest BCUT2D eigenvalue weighted by molar-refractivity contribution is 0.415. The highest BCUT2D eigenvalue weighted by molar-refractivity contribution is 5.82. The summed E-state index contributed by atoms with van der Waals surface area (Å²) in [6.07, 6.45) is 0. The molecule has 2 heterocycles. The van der Waals surface area contributed by atoms with E-state index < -0.39 is 0 Å². The third-order valence-electron chi connectivity index (χ3n) is 3.63. The van der Waals surface area contributed by atoms with Crippen molar-refractivity contribution in [3.8, 4) is 5.75 Å². The van der Waals surface area contributed by atoms with Crippen LogP contribution in [0.1, 0.15) is 25.2 Å². The zero-order valence-electron chi connectivity index (χ0n) is 15.1. The summed E-state index contributed by atoms with van der Waals surface area (Å²) in [6, 6.07) is 18.6. The first-order valence-electron chi connectivity index (χ1n) is 8.33. The largest absolute Gasteiger partial charge is 0.497 e. The molecule has 4 aromatic rings. The lowest BCUT2D eigenvalue weighted by Crippen LogP contribution is -1.80. The number of benzene rings is 2. The van der Waals surface area contributed by atoms with E-state index in [1.807, 2.05) is 45.0 Å². The molecule has 0 aliphatic carbocycles. The quantitative estimate of drug-likeness (QED) is 0.444. The molecule has 0 saturated carbocycles. The van der Waals surface area contributed by atoms with E-state index in [2.05, 4.69) is 47.2 Å². The van der Waals surface area contributed by atoms with Crippen LogP contribution in [-0.2, 0) is 0 Å². The average Bonchev–Trinajstić information content (AvgIpc) is 3.16. The number of aromatic nitrogens is 2. The second kappa shape index (κ2) is 8.25. The monoisotopic (exact) mass is 322 g/mol. The zero-order valence-corrected chi connectivity index (χ0v) is 15.1. The SMILES string of the molecule is CC.COc1ccc2[nH]c(C)cc2c1.Cc1cc2ccccc2[nH]1. The molecule has 24 heavy (non-hydrogen) atoms. The van der Waals surface area contributed by atoms with Crippen molar-refractivity contribution in [1.29, 1.82) is 0 Å². The minimum absolute atomic E-state index is 0.904. The molecule has 0 spiro atoms. The van der Waals surface area contributed by atoms with E-state index in [9.17, 15) is 0 Å². The Labute approximate surface area is 143 Å². The smallest absolute Gasteiger partial charge is 0.119 e. The number of methoxy groups -OCH3 is 1. The normalized spacial score (nSPS) is 9.88. The highest BCUT2D eigenvalue weighted by Crippen LogP contribution is 2.20. The molecule has 0 saturated heterocycles. The van der Waals surface area contributed by atoms with Gasteiger partial charge in [0, 0.05) is 27.8 Å². The molecule has 126 valence electrons. The number of fused-ring (bicyclic) bond motifs is 2. The molecule has 0 radical (unpaired) electrons. The van der Waals surface area contributed by atoms with E-state index in [4.69, 9.17) is 4.74 Å². The van der Waals surface area contributed by atoms with Crippen LogP contribution in [0.15, 0.2) is 54.6 Å². The topological polar surface area (TPSA) is 40.8 Å². The third kappa shape index (κ3) is 4.19. The van der Waals surface area contributed by atoms with Gasteiger partial charge in [0.1, 0.15) is 5.75 Å². The van der Waals surface area contributed by atoms with Crippen molar-refractivity contribution in [3.05, 3.63) is 66.0 Å². The number of hydrogen-bond donors (Lipinski definition) is 2. The van der Waals surface area contributed by atoms with Gasteiger partial charge in [0.05, 0.1) is 7.11 Å². The fraction of sp³-hybridized carbons (Fsp3) is 0.238. The molecular weight excluding hydrogens is 296 g/mol. The van der Waals surface area contributed by atoms with Gasteiger partial charge in [-0.3, -0.25) is 0 Å². The third-order valence-corrected chi connectivity index (χ3v) is 3.63. The molecular formula is C21H26N2O. The van der Waals surface area contributed by atoms with Crippen LogP contribution in [0.25, 0.3) is 21.8 Å². The number of ether oxygens (including phenoxy) is 1. The Balaban J connectivity index is 0.000000160. The number of para-hydroxylation sites is 1. The lowest BCUT2D eigenvalue weighted by atomic mass is 10.2. The second-order valence-corrected chi connectivity index (χ2v) is 5.45. The molecule has 0 bridgehead atoms. The summed E-state index contributed by atoms with van der Waals surface area (Å²) >= 11 is 0. The van der Waals surface area contributed by atoms with Crippen LogP contribution in [0.3, 0.4) is 0 Å². The van der Waals surface area contributed by atoms with E-state index in [0.717, 1.165) is 11.3 Å². The lowest BCUT2D eigenvalue weighted by Gasteiger charge is -1.97. The summed E-state index contributed by atoms with van der Waals surface area (Å²) in [5.74, 6) is 0.904. The fourth-order valence-corrected chi connectivity index (χ4v) is 2.60. The van der Waals surface area contributed by atoms with Gasteiger partial charge in [-0.15, -0.1) is 0 Å². The number of aromatic amines is 2. The van der Waals surface area contributed by atoms with Crippen molar-refractivity contribution < 1.29 is 4.74 Å². The van der Waals surface area contributed by atoms with Crippen LogP contribution < -0.4 is 4.74 Å². The number of nitrogens with one attached hydrogen (secondary N) is 2. The van der Waals surface area contributed by atoms with Gasteiger partial charge < -0.3 is 14.7 Å². The van der Waals surface area contributed by atoms with E-state index in [-0.39, 0.29) is 0 Å². The predicted octanol–water partition coefficient (Wildman–Crippen LogP) is 5.99. The van der Waals surface area contributed by atoms with Gasteiger partial charge in [-0.25, -0.2) is 0 Å². The van der Waals surface area contributed by atoms with Gasteiger partial charge in [-0.05, 0) is 55.6 Å². The maximum Gasteiger partial charge on any atom is 0.119 e. The van der Waals surface area contributed by atoms with E-state index in [1.54, 1.807) is 7.11 Å². The summed E-state index contributed by atoms with van der Waals surface area (Å²) in [7, 11) is 1.68. The van der Waals surface area contributed by atoms with E-state index >= 15 is 0 Å². The highest BCUT2D eigenvalue weighted by Gasteiger charge is 1.98. The molecule has 0 aliphatic heterocycles. The van der Waals surface area contributed by atoms with Crippen molar-refractivity contribution in [2.24, 2.45) is 0 Å². The number of hydrogen-bond acceptors (Lipinski definition) is 1. The van der Waals surface area contributed by atoms with Crippen LogP contribution in [0.4, 0.5) is 0 Å². The zero-order chi connectivity index (χ0) is 17.5. The van der Waals surface area contributed by atoms with Gasteiger partial charge in [0.15, 0.2) is 0 Å². The van der Waals surface area contributed by atoms with Gasteiger partial charge >= 0.3 is 0 Å². The molecule has 2 N–H and O–H groups in total. The van der Waals surface area contributed by atoms with Gasteiger partial charge in [0.25, 0.3) is 0 Å². The Hall–Kier alpha value is -2.68. The Morgan fingerprint density at radius 3 is 1.92 bits per heavy atom. The van der Waals surface area contributed by atoms with Crippen molar-refractivity contribution >= 4 is 21.8 Å². The molecule has 0 atom stereocenters. The van der Waals surface area contributed by atoms with Crippen molar-refractivity contribution in [1.82, 2.24) is 9.97 Å². The standard InChI is InChI=1S/C10H11NO.C9H9N.C2H6/c1-7-5-8-6-9(12-2)3-4-10(8)11-7;1-7-6-8-4-2-3-5-9(8)10-7;1-2/h3-6,11H,1-2H3;2-6,10H,1H3;1-2H3. The first-order chi connectivity index (χ1) is 11.7. The van der Waals surface area contributed by atoms with Crippen LogP contribution >= 0.6 is 0 Å². The van der Waals surface area contributed by atoms with Crippen LogP contribution in [-0.4, -0.2) is 17.1 Å². The van der Waals surface area contributed by atoms with Crippen molar-refractivity contribution in [2.45, 2.75) is 27.7 Å². The maximum atomic E-state index is 5.12. The van der Waals surface area contributed by atoms with Crippen molar-refractivity contribution in [3.63, 3.8) is 0 Å². The second-order valence-electron chi connectivity index (χ2n) is 5.45. The van der Waals surface area contributed by atoms with Gasteiger partial charge in [-0.1, -0.05) is 32.0 Å². The predicted molar refractivity (Wildman–Crippen MR) is 104 cm³/mol. The Bertz CT molecular complexity index is 869. The van der Waals surface area contributed by atoms with Gasteiger partial charge in [0.2, 0.25) is 0 Å². The molecule has 2 aromatic carbocycles. The summed E-state index contributed by atoms with van der Waals surface area (Å²) < 4.78 is 5.12. The summed E-state index contributed by atoms with van der Waals surface area (Å²) in [5.41, 5.74) is 4.78. The number of aryl methyl sites for hydroxylation is 2. The van der Waals surface area contributed by atoms with E-state index in [0.29, 0.717) is 0 Å². The Morgan fingerprint density at radius 2 is 1.29 bits per heavy atom. The van der Waals surface area contributed by atoms with Crippen LogP contribution in [0, 0.1) is 13.8 Å². The van der Waals surface area contributed by atoms with Gasteiger partial charge in [-0.2, -0.15) is 0 Å². The minimum atomic E-state index is 0.904. The Kier molecular flexibility index (Phi) is 6.07. The molecule has 4 rings (SSSR count). The molecule has 3 heteroatoms. The Morgan fingerprint density at radius 1 is 0.708 bits per heavy atom. The molecule has 3 nitrogen and oxygen atoms in total. The molecule has 0 fully saturated rings. The summed E-state index contributed by atoms with van der Waals surface area (Å²) in [4.78, 5) is 6.51. The number of rotatable bonds is 1. The van der Waals surface area contributed by atoms with Crippen LogP contribution in [0.2, 0.25) is 0 Å². The minimum Gasteiger partial charge on any atom is -0.497 e. The summed E-state index contributed by atoms with van der Waals surface area (Å²) in [5, 5.41) is 2.49. The average molecular weight is 322 g/mol. The molecule has 0 aliphatic rings. The summed E-state index contributed by atoms with van der Waals surface area (Å²) in [6.45, 7) is 8.12. The van der Waals surface area contributed by atoms with E-state index in [1.165, 1.54) is 27.7 Å². The maximum absolute atomic E-state index is 5.12. The first kappa shape index (κ1) is 17.7. The molecule has 2 aromatic heterocycles. The first-order valence-corrected chi connectivity index (χ1v) is 8.33. The number of H-pyrrole nitrogens is 2. The molecule has 0 unspecified atom stereocenters. The van der Waals surface area contributed by atoms with Crippen molar-refractivity contribution in [2.75, 3.05) is 7.11 Å².